The van der Waals surface area contributed by atoms with Crippen LogP contribution in [0, 0.1) is 5.92 Å². The van der Waals surface area contributed by atoms with Crippen LogP contribution in [0.3, 0.4) is 0 Å². The third-order valence-corrected chi connectivity index (χ3v) is 5.52. The lowest BCUT2D eigenvalue weighted by Crippen LogP contribution is -2.46. The fourth-order valence-corrected chi connectivity index (χ4v) is 3.95. The number of ether oxygens (including phenoxy) is 2. The van der Waals surface area contributed by atoms with Crippen LogP contribution in [0.1, 0.15) is 19.3 Å². The molecule has 9 heteroatoms. The predicted molar refractivity (Wildman–Crippen MR) is 114 cm³/mol. The van der Waals surface area contributed by atoms with Gasteiger partial charge in [-0.3, -0.25) is 9.59 Å². The van der Waals surface area contributed by atoms with Crippen molar-refractivity contribution in [3.63, 3.8) is 0 Å². The second-order valence-corrected chi connectivity index (χ2v) is 7.54. The van der Waals surface area contributed by atoms with E-state index in [1.807, 2.05) is 23.1 Å². The van der Waals surface area contributed by atoms with E-state index in [1.54, 1.807) is 26.0 Å². The van der Waals surface area contributed by atoms with Crippen LogP contribution in [-0.2, 0) is 9.59 Å². The Hall–Kier alpha value is -1.64. The molecule has 0 aliphatic carbocycles. The van der Waals surface area contributed by atoms with Gasteiger partial charge in [-0.1, -0.05) is 0 Å². The zero-order chi connectivity index (χ0) is 19.6. The number of nitrogens with two attached hydrogens (primary N) is 1. The summed E-state index contributed by atoms with van der Waals surface area (Å²) >= 11 is 1.60. The van der Waals surface area contributed by atoms with E-state index in [2.05, 4.69) is 5.32 Å². The van der Waals surface area contributed by atoms with Gasteiger partial charge in [-0.25, -0.2) is 0 Å². The highest BCUT2D eigenvalue weighted by atomic mass is 35.5. The summed E-state index contributed by atoms with van der Waals surface area (Å²) in [6, 6.07) is 5.72. The number of thioether (sulfide) groups is 1. The number of likely N-dealkylation sites (tertiary alicyclic amines) is 1. The maximum atomic E-state index is 12.5. The predicted octanol–water partition coefficient (Wildman–Crippen LogP) is 1.92. The molecule has 1 aromatic rings. The van der Waals surface area contributed by atoms with Crippen LogP contribution < -0.4 is 20.5 Å². The smallest absolute Gasteiger partial charge is 0.224 e. The summed E-state index contributed by atoms with van der Waals surface area (Å²) in [7, 11) is 3.21. The summed E-state index contributed by atoms with van der Waals surface area (Å²) in [6.45, 7) is 2.12. The Morgan fingerprint density at radius 1 is 1.29 bits per heavy atom. The molecule has 1 saturated heterocycles. The molecule has 0 radical (unpaired) electrons. The molecule has 1 aliphatic rings. The largest absolute Gasteiger partial charge is 0.493 e. The summed E-state index contributed by atoms with van der Waals surface area (Å²) in [5.74, 6) is 2.00. The zero-order valence-corrected chi connectivity index (χ0v) is 18.1. The Balaban J connectivity index is 0.00000392. The fraction of sp³-hybridized carbons (Fsp3) is 0.579. The highest BCUT2D eigenvalue weighted by molar-refractivity contribution is 7.99. The van der Waals surface area contributed by atoms with Gasteiger partial charge in [0.25, 0.3) is 0 Å². The summed E-state index contributed by atoms with van der Waals surface area (Å²) in [5.41, 5.74) is 5.42. The van der Waals surface area contributed by atoms with Crippen LogP contribution in [0.2, 0.25) is 0 Å². The van der Waals surface area contributed by atoms with Gasteiger partial charge in [0.05, 0.1) is 20.1 Å². The van der Waals surface area contributed by atoms with E-state index in [9.17, 15) is 9.59 Å². The molecule has 1 aromatic carbocycles. The molecule has 0 aromatic heterocycles. The molecule has 0 saturated carbocycles. The minimum absolute atomic E-state index is 0. The average Bonchev–Trinajstić information content (AvgIpc) is 2.71. The Morgan fingerprint density at radius 2 is 2.04 bits per heavy atom. The molecule has 1 aliphatic heterocycles. The second kappa shape index (κ2) is 12.7. The molecular formula is C19H30ClN3O4S. The van der Waals surface area contributed by atoms with Crippen molar-refractivity contribution in [1.82, 2.24) is 10.2 Å². The lowest BCUT2D eigenvalue weighted by atomic mass is 9.97. The lowest BCUT2D eigenvalue weighted by Gasteiger charge is -2.32. The molecule has 28 heavy (non-hydrogen) atoms. The normalized spacial score (nSPS) is 16.1. The molecule has 7 nitrogen and oxygen atoms in total. The molecule has 0 spiro atoms. The Kier molecular flexibility index (Phi) is 11.1. The number of benzene rings is 1. The molecule has 1 fully saturated rings. The van der Waals surface area contributed by atoms with Gasteiger partial charge in [0.1, 0.15) is 0 Å². The summed E-state index contributed by atoms with van der Waals surface area (Å²) in [4.78, 5) is 27.5. The topological polar surface area (TPSA) is 93.9 Å². The first-order chi connectivity index (χ1) is 13.1. The quantitative estimate of drug-likeness (QED) is 0.580. The monoisotopic (exact) mass is 431 g/mol. The van der Waals surface area contributed by atoms with Crippen molar-refractivity contribution in [2.75, 3.05) is 46.2 Å². The second-order valence-electron chi connectivity index (χ2n) is 6.37. The number of nitrogens with one attached hydrogen (secondary N) is 1. The van der Waals surface area contributed by atoms with Gasteiger partial charge in [-0.15, -0.1) is 24.2 Å². The number of methoxy groups -OCH3 is 2. The third-order valence-electron chi connectivity index (χ3n) is 4.53. The molecule has 3 N–H and O–H groups in total. The maximum Gasteiger partial charge on any atom is 0.224 e. The molecule has 2 rings (SSSR count). The molecule has 0 bridgehead atoms. The average molecular weight is 432 g/mol. The first-order valence-corrected chi connectivity index (χ1v) is 10.2. The summed E-state index contributed by atoms with van der Waals surface area (Å²) in [5, 5.41) is 2.82. The molecule has 1 unspecified atom stereocenters. The van der Waals surface area contributed by atoms with Crippen LogP contribution in [0.5, 0.6) is 11.5 Å². The van der Waals surface area contributed by atoms with Crippen LogP contribution in [0.4, 0.5) is 0 Å². The number of piperidine rings is 1. The summed E-state index contributed by atoms with van der Waals surface area (Å²) in [6.07, 6.45) is 2.12. The number of carbonyl (C=O) groups excluding carboxylic acids is 2. The van der Waals surface area contributed by atoms with Crippen molar-refractivity contribution in [3.8, 4) is 11.5 Å². The minimum atomic E-state index is -0.132. The van der Waals surface area contributed by atoms with Gasteiger partial charge in [0, 0.05) is 43.2 Å². The molecule has 1 atom stereocenters. The van der Waals surface area contributed by atoms with Gasteiger partial charge < -0.3 is 25.4 Å². The Labute approximate surface area is 177 Å². The first-order valence-electron chi connectivity index (χ1n) is 9.19. The van der Waals surface area contributed by atoms with Gasteiger partial charge >= 0.3 is 0 Å². The van der Waals surface area contributed by atoms with E-state index in [0.717, 1.165) is 24.3 Å². The number of hydrogen-bond donors (Lipinski definition) is 2. The van der Waals surface area contributed by atoms with Crippen LogP contribution in [0.25, 0.3) is 0 Å². The van der Waals surface area contributed by atoms with E-state index in [0.29, 0.717) is 43.3 Å². The van der Waals surface area contributed by atoms with E-state index >= 15 is 0 Å². The third kappa shape index (κ3) is 7.07. The molecule has 2 amide bonds. The summed E-state index contributed by atoms with van der Waals surface area (Å²) < 4.78 is 10.5. The van der Waals surface area contributed by atoms with Crippen molar-refractivity contribution in [2.45, 2.75) is 24.2 Å². The van der Waals surface area contributed by atoms with Crippen molar-refractivity contribution in [2.24, 2.45) is 11.7 Å². The highest BCUT2D eigenvalue weighted by Gasteiger charge is 2.27. The van der Waals surface area contributed by atoms with Gasteiger partial charge in [-0.05, 0) is 31.0 Å². The van der Waals surface area contributed by atoms with E-state index in [4.69, 9.17) is 15.2 Å². The van der Waals surface area contributed by atoms with Crippen LogP contribution >= 0.6 is 24.2 Å². The SMILES string of the molecule is COc1ccc(SCCC(=O)N2CCCC(C(=O)NCCN)C2)cc1OC.Cl. The number of rotatable bonds is 9. The van der Waals surface area contributed by atoms with Crippen molar-refractivity contribution in [1.29, 1.82) is 0 Å². The lowest BCUT2D eigenvalue weighted by molar-refractivity contribution is -0.135. The van der Waals surface area contributed by atoms with E-state index in [1.165, 1.54) is 0 Å². The number of halogens is 1. The highest BCUT2D eigenvalue weighted by Crippen LogP contribution is 2.32. The van der Waals surface area contributed by atoms with Crippen molar-refractivity contribution in [3.05, 3.63) is 18.2 Å². The van der Waals surface area contributed by atoms with Gasteiger partial charge in [0.2, 0.25) is 11.8 Å². The Morgan fingerprint density at radius 3 is 2.71 bits per heavy atom. The number of amides is 2. The first kappa shape index (κ1) is 24.4. The zero-order valence-electron chi connectivity index (χ0n) is 16.4. The van der Waals surface area contributed by atoms with Gasteiger partial charge in [-0.2, -0.15) is 0 Å². The van der Waals surface area contributed by atoms with Crippen LogP contribution in [0.15, 0.2) is 23.1 Å². The number of carbonyl (C=O) groups is 2. The molecular weight excluding hydrogens is 402 g/mol. The van der Waals surface area contributed by atoms with Crippen LogP contribution in [-0.4, -0.2) is 62.9 Å². The molecule has 158 valence electrons. The fourth-order valence-electron chi connectivity index (χ4n) is 3.08. The standard InChI is InChI=1S/C19H29N3O4S.ClH/c1-25-16-6-5-15(12-17(16)26-2)27-11-7-18(23)22-10-3-4-14(13-22)19(24)21-9-8-20;/h5-6,12,14H,3-4,7-11,13,20H2,1-2H3,(H,21,24);1H. The number of hydrogen-bond acceptors (Lipinski definition) is 6. The van der Waals surface area contributed by atoms with E-state index in [-0.39, 0.29) is 30.1 Å². The minimum Gasteiger partial charge on any atom is -0.493 e. The number of nitrogens with zero attached hydrogens (tertiary/aromatic N) is 1. The Bertz CT molecular complexity index is 648. The van der Waals surface area contributed by atoms with Crippen molar-refractivity contribution < 1.29 is 19.1 Å². The maximum absolute atomic E-state index is 12.5. The van der Waals surface area contributed by atoms with Gasteiger partial charge in [0.15, 0.2) is 11.5 Å². The van der Waals surface area contributed by atoms with E-state index < -0.39 is 0 Å². The molecule has 1 heterocycles. The van der Waals surface area contributed by atoms with Crippen molar-refractivity contribution >= 4 is 36.0 Å².